The lowest BCUT2D eigenvalue weighted by atomic mass is 10.2. The van der Waals surface area contributed by atoms with Crippen molar-refractivity contribution in [2.75, 3.05) is 11.9 Å². The SMILES string of the molecule is CCOc1ccccc1NC(=O)[C@H](C)Oc1ccc(Cl)c(C)c1. The van der Waals surface area contributed by atoms with E-state index in [1.807, 2.05) is 32.0 Å². The van der Waals surface area contributed by atoms with Crippen molar-refractivity contribution < 1.29 is 14.3 Å². The highest BCUT2D eigenvalue weighted by molar-refractivity contribution is 6.31. The summed E-state index contributed by atoms with van der Waals surface area (Å²) < 4.78 is 11.2. The first kappa shape index (κ1) is 17.2. The third kappa shape index (κ3) is 4.63. The van der Waals surface area contributed by atoms with Crippen LogP contribution in [0.2, 0.25) is 5.02 Å². The molecule has 1 atom stereocenters. The number of amides is 1. The molecule has 0 saturated carbocycles. The third-order valence-electron chi connectivity index (χ3n) is 3.26. The maximum atomic E-state index is 12.3. The highest BCUT2D eigenvalue weighted by Crippen LogP contribution is 2.25. The van der Waals surface area contributed by atoms with E-state index < -0.39 is 6.10 Å². The minimum atomic E-state index is -0.648. The van der Waals surface area contributed by atoms with Gasteiger partial charge in [-0.3, -0.25) is 4.79 Å². The van der Waals surface area contributed by atoms with Crippen LogP contribution in [0.4, 0.5) is 5.69 Å². The van der Waals surface area contributed by atoms with Crippen molar-refractivity contribution in [3.8, 4) is 11.5 Å². The zero-order valence-corrected chi connectivity index (χ0v) is 14.2. The Morgan fingerprint density at radius 1 is 1.26 bits per heavy atom. The molecule has 23 heavy (non-hydrogen) atoms. The number of hydrogen-bond donors (Lipinski definition) is 1. The summed E-state index contributed by atoms with van der Waals surface area (Å²) in [5.74, 6) is 0.996. The second-order valence-corrected chi connectivity index (χ2v) is 5.50. The van der Waals surface area contributed by atoms with Gasteiger partial charge in [0.05, 0.1) is 12.3 Å². The van der Waals surface area contributed by atoms with E-state index in [4.69, 9.17) is 21.1 Å². The van der Waals surface area contributed by atoms with Crippen molar-refractivity contribution >= 4 is 23.2 Å². The molecular formula is C18H20ClNO3. The molecule has 2 aromatic carbocycles. The van der Waals surface area contributed by atoms with Crippen LogP contribution >= 0.6 is 11.6 Å². The number of halogens is 1. The summed E-state index contributed by atoms with van der Waals surface area (Å²) in [5, 5.41) is 3.49. The molecular weight excluding hydrogens is 314 g/mol. The summed E-state index contributed by atoms with van der Waals surface area (Å²) in [7, 11) is 0. The van der Waals surface area contributed by atoms with E-state index in [1.54, 1.807) is 31.2 Å². The molecule has 2 rings (SSSR count). The number of carbonyl (C=O) groups is 1. The van der Waals surface area contributed by atoms with Gasteiger partial charge in [-0.25, -0.2) is 0 Å². The molecule has 4 nitrogen and oxygen atoms in total. The molecule has 0 spiro atoms. The van der Waals surface area contributed by atoms with Crippen LogP contribution in [0.3, 0.4) is 0 Å². The number of carbonyl (C=O) groups excluding carboxylic acids is 1. The summed E-state index contributed by atoms with van der Waals surface area (Å²) >= 11 is 5.99. The highest BCUT2D eigenvalue weighted by atomic mass is 35.5. The Bertz CT molecular complexity index is 688. The van der Waals surface area contributed by atoms with E-state index in [2.05, 4.69) is 5.32 Å². The average molecular weight is 334 g/mol. The molecule has 0 aliphatic carbocycles. The standard InChI is InChI=1S/C18H20ClNO3/c1-4-22-17-8-6-5-7-16(17)20-18(21)13(3)23-14-9-10-15(19)12(2)11-14/h5-11,13H,4H2,1-3H3,(H,20,21)/t13-/m0/s1. The summed E-state index contributed by atoms with van der Waals surface area (Å²) in [6, 6.07) is 12.6. The smallest absolute Gasteiger partial charge is 0.265 e. The number of aryl methyl sites for hydroxylation is 1. The first-order valence-electron chi connectivity index (χ1n) is 7.46. The molecule has 0 fully saturated rings. The van der Waals surface area contributed by atoms with Gasteiger partial charge in [0.2, 0.25) is 0 Å². The van der Waals surface area contributed by atoms with Gasteiger partial charge in [-0.05, 0) is 56.7 Å². The Morgan fingerprint density at radius 2 is 2.00 bits per heavy atom. The number of hydrogen-bond acceptors (Lipinski definition) is 3. The van der Waals surface area contributed by atoms with Crippen LogP contribution < -0.4 is 14.8 Å². The van der Waals surface area contributed by atoms with E-state index in [0.717, 1.165) is 5.56 Å². The van der Waals surface area contributed by atoms with Crippen LogP contribution in [0.25, 0.3) is 0 Å². The molecule has 0 radical (unpaired) electrons. The summed E-state index contributed by atoms with van der Waals surface area (Å²) in [6.45, 7) is 6.01. The van der Waals surface area contributed by atoms with Crippen LogP contribution in [0.15, 0.2) is 42.5 Å². The van der Waals surface area contributed by atoms with Gasteiger partial charge in [0.1, 0.15) is 11.5 Å². The number of ether oxygens (including phenoxy) is 2. The van der Waals surface area contributed by atoms with Crippen LogP contribution in [0.1, 0.15) is 19.4 Å². The number of para-hydroxylation sites is 2. The minimum Gasteiger partial charge on any atom is -0.492 e. The summed E-state index contributed by atoms with van der Waals surface area (Å²) in [6.07, 6.45) is -0.648. The molecule has 0 heterocycles. The van der Waals surface area contributed by atoms with Gasteiger partial charge in [-0.15, -0.1) is 0 Å². The Hall–Kier alpha value is -2.20. The largest absolute Gasteiger partial charge is 0.492 e. The monoisotopic (exact) mass is 333 g/mol. The molecule has 1 amide bonds. The molecule has 5 heteroatoms. The van der Waals surface area contributed by atoms with E-state index in [0.29, 0.717) is 28.8 Å². The fourth-order valence-corrected chi connectivity index (χ4v) is 2.15. The number of rotatable bonds is 6. The topological polar surface area (TPSA) is 47.6 Å². The fourth-order valence-electron chi connectivity index (χ4n) is 2.03. The maximum Gasteiger partial charge on any atom is 0.265 e. The lowest BCUT2D eigenvalue weighted by molar-refractivity contribution is -0.122. The van der Waals surface area contributed by atoms with E-state index in [1.165, 1.54) is 0 Å². The summed E-state index contributed by atoms with van der Waals surface area (Å²) in [5.41, 5.74) is 1.53. The Balaban J connectivity index is 2.04. The molecule has 0 unspecified atom stereocenters. The van der Waals surface area contributed by atoms with Crippen LogP contribution in [0, 0.1) is 6.92 Å². The van der Waals surface area contributed by atoms with Gasteiger partial charge in [0.15, 0.2) is 6.10 Å². The van der Waals surface area contributed by atoms with E-state index in [9.17, 15) is 4.79 Å². The number of benzene rings is 2. The molecule has 0 saturated heterocycles. The molecule has 1 N–H and O–H groups in total. The van der Waals surface area contributed by atoms with Gasteiger partial charge in [0.25, 0.3) is 5.91 Å². The molecule has 0 bridgehead atoms. The minimum absolute atomic E-state index is 0.246. The van der Waals surface area contributed by atoms with Crippen LogP contribution in [-0.2, 0) is 4.79 Å². The summed E-state index contributed by atoms with van der Waals surface area (Å²) in [4.78, 5) is 12.3. The van der Waals surface area contributed by atoms with Crippen LogP contribution in [-0.4, -0.2) is 18.6 Å². The molecule has 122 valence electrons. The molecule has 0 aromatic heterocycles. The van der Waals surface area contributed by atoms with Crippen LogP contribution in [0.5, 0.6) is 11.5 Å². The third-order valence-corrected chi connectivity index (χ3v) is 3.68. The lowest BCUT2D eigenvalue weighted by Crippen LogP contribution is -2.30. The zero-order valence-electron chi connectivity index (χ0n) is 13.4. The van der Waals surface area contributed by atoms with E-state index in [-0.39, 0.29) is 5.91 Å². The van der Waals surface area contributed by atoms with Crippen molar-refractivity contribution in [2.45, 2.75) is 26.9 Å². The predicted octanol–water partition coefficient (Wildman–Crippen LogP) is 4.45. The van der Waals surface area contributed by atoms with Gasteiger partial charge >= 0.3 is 0 Å². The Labute approximate surface area is 141 Å². The highest BCUT2D eigenvalue weighted by Gasteiger charge is 2.17. The number of anilines is 1. The van der Waals surface area contributed by atoms with Gasteiger partial charge in [-0.1, -0.05) is 23.7 Å². The van der Waals surface area contributed by atoms with Crippen molar-refractivity contribution in [1.29, 1.82) is 0 Å². The second kappa shape index (κ2) is 7.88. The van der Waals surface area contributed by atoms with Gasteiger partial charge in [-0.2, -0.15) is 0 Å². The van der Waals surface area contributed by atoms with Crippen molar-refractivity contribution in [3.63, 3.8) is 0 Å². The fraction of sp³-hybridized carbons (Fsp3) is 0.278. The number of nitrogens with one attached hydrogen (secondary N) is 1. The molecule has 0 aliphatic rings. The lowest BCUT2D eigenvalue weighted by Gasteiger charge is -2.17. The van der Waals surface area contributed by atoms with Crippen molar-refractivity contribution in [1.82, 2.24) is 0 Å². The first-order chi connectivity index (χ1) is 11.0. The van der Waals surface area contributed by atoms with Crippen molar-refractivity contribution in [2.24, 2.45) is 0 Å². The molecule has 2 aromatic rings. The maximum absolute atomic E-state index is 12.3. The Morgan fingerprint density at radius 3 is 2.70 bits per heavy atom. The quantitative estimate of drug-likeness (QED) is 0.849. The molecule has 0 aliphatic heterocycles. The van der Waals surface area contributed by atoms with Gasteiger partial charge < -0.3 is 14.8 Å². The average Bonchev–Trinajstić information content (AvgIpc) is 2.53. The Kier molecular flexibility index (Phi) is 5.88. The second-order valence-electron chi connectivity index (χ2n) is 5.09. The normalized spacial score (nSPS) is 11.7. The zero-order chi connectivity index (χ0) is 16.8. The van der Waals surface area contributed by atoms with Crippen molar-refractivity contribution in [3.05, 3.63) is 53.1 Å². The predicted molar refractivity (Wildman–Crippen MR) is 92.5 cm³/mol. The first-order valence-corrected chi connectivity index (χ1v) is 7.84. The van der Waals surface area contributed by atoms with Gasteiger partial charge in [0, 0.05) is 5.02 Å². The van der Waals surface area contributed by atoms with E-state index >= 15 is 0 Å².